The number of benzene rings is 2. The lowest BCUT2D eigenvalue weighted by Crippen LogP contribution is -2.19. The van der Waals surface area contributed by atoms with E-state index in [1.807, 2.05) is 55.5 Å². The van der Waals surface area contributed by atoms with E-state index >= 15 is 0 Å². The Balaban J connectivity index is 1.44. The van der Waals surface area contributed by atoms with Gasteiger partial charge in [0.05, 0.1) is 12.1 Å². The van der Waals surface area contributed by atoms with Crippen LogP contribution in [0.4, 0.5) is 0 Å². The number of hydrogen-bond acceptors (Lipinski definition) is 8. The number of furan rings is 1. The molecule has 11 nitrogen and oxygen atoms in total. The van der Waals surface area contributed by atoms with Gasteiger partial charge in [0, 0.05) is 5.56 Å². The quantitative estimate of drug-likeness (QED) is 0.344. The fourth-order valence-corrected chi connectivity index (χ4v) is 4.47. The maximum Gasteiger partial charge on any atom is 0.339 e. The number of rotatable bonds is 7. The Morgan fingerprint density at radius 1 is 1.08 bits per heavy atom. The van der Waals surface area contributed by atoms with Crippen LogP contribution in [0.15, 0.2) is 70.5 Å². The molecular formula is C24H19N7O4S. The van der Waals surface area contributed by atoms with Crippen molar-refractivity contribution in [3.05, 3.63) is 87.6 Å². The normalized spacial score (nSPS) is 11.6. The highest BCUT2D eigenvalue weighted by atomic mass is 32.1. The average Bonchev–Trinajstić information content (AvgIpc) is 3.66. The van der Waals surface area contributed by atoms with Crippen LogP contribution in [-0.4, -0.2) is 47.4 Å². The van der Waals surface area contributed by atoms with Crippen molar-refractivity contribution in [1.29, 1.82) is 0 Å². The Labute approximate surface area is 207 Å². The van der Waals surface area contributed by atoms with Gasteiger partial charge in [-0.1, -0.05) is 66.8 Å². The number of aromatic nitrogens is 6. The van der Waals surface area contributed by atoms with Crippen LogP contribution < -0.4 is 4.80 Å². The number of nitrogens with zero attached hydrogens (tertiary/aromatic N) is 6. The van der Waals surface area contributed by atoms with E-state index in [0.29, 0.717) is 23.6 Å². The molecular weight excluding hydrogens is 482 g/mol. The standard InChI is InChI=1S/C24H19N7O4S/c1-2-20-28-31(24(36-20)25-22(32)18-12-35-13-19(18)23(33)34)11-14-7-9-15(10-8-14)16-5-3-4-6-17(16)21-26-29-30-27-21/h3-10,12-13H,2,11H2,1H3,(H,33,34)(H,26,27,29,30). The SMILES string of the molecule is CCc1nn(Cc2ccc(-c3ccccc3-c3nnn[nH]3)cc2)c(=NC(=O)c2cocc2C(=O)O)s1. The smallest absolute Gasteiger partial charge is 0.339 e. The summed E-state index contributed by atoms with van der Waals surface area (Å²) < 4.78 is 6.55. The predicted octanol–water partition coefficient (Wildman–Crippen LogP) is 3.43. The minimum atomic E-state index is -1.25. The molecule has 3 aromatic heterocycles. The van der Waals surface area contributed by atoms with Crippen LogP contribution in [-0.2, 0) is 13.0 Å². The number of aromatic carboxylic acids is 1. The van der Waals surface area contributed by atoms with Crippen LogP contribution in [0.1, 0.15) is 38.2 Å². The van der Waals surface area contributed by atoms with Gasteiger partial charge in [-0.2, -0.15) is 10.1 Å². The van der Waals surface area contributed by atoms with E-state index in [1.165, 1.54) is 11.3 Å². The summed E-state index contributed by atoms with van der Waals surface area (Å²) in [6.45, 7) is 2.34. The molecule has 0 saturated carbocycles. The monoisotopic (exact) mass is 501 g/mol. The molecule has 2 N–H and O–H groups in total. The van der Waals surface area contributed by atoms with Gasteiger partial charge in [-0.3, -0.25) is 4.79 Å². The van der Waals surface area contributed by atoms with Crippen LogP contribution in [0.25, 0.3) is 22.5 Å². The first-order valence-electron chi connectivity index (χ1n) is 10.9. The second-order valence-corrected chi connectivity index (χ2v) is 8.74. The number of nitrogens with one attached hydrogen (secondary N) is 1. The van der Waals surface area contributed by atoms with Crippen LogP contribution in [0.2, 0.25) is 0 Å². The number of amides is 1. The molecule has 0 aliphatic carbocycles. The third kappa shape index (κ3) is 4.61. The number of aryl methyl sites for hydroxylation is 1. The number of carboxylic acid groups (broad SMARTS) is 1. The minimum absolute atomic E-state index is 0.106. The van der Waals surface area contributed by atoms with Crippen molar-refractivity contribution in [2.24, 2.45) is 4.99 Å². The summed E-state index contributed by atoms with van der Waals surface area (Å²) in [5.41, 5.74) is 3.47. The molecule has 180 valence electrons. The molecule has 0 bridgehead atoms. The Morgan fingerprint density at radius 3 is 2.53 bits per heavy atom. The summed E-state index contributed by atoms with van der Waals surface area (Å²) in [6.07, 6.45) is 2.78. The lowest BCUT2D eigenvalue weighted by atomic mass is 9.98. The van der Waals surface area contributed by atoms with Gasteiger partial charge in [-0.25, -0.2) is 14.6 Å². The molecule has 36 heavy (non-hydrogen) atoms. The van der Waals surface area contributed by atoms with E-state index in [2.05, 4.69) is 30.7 Å². The van der Waals surface area contributed by atoms with Gasteiger partial charge in [0.1, 0.15) is 23.1 Å². The zero-order chi connectivity index (χ0) is 25.1. The third-order valence-electron chi connectivity index (χ3n) is 5.41. The maximum absolute atomic E-state index is 12.7. The van der Waals surface area contributed by atoms with Gasteiger partial charge in [-0.05, 0) is 33.5 Å². The van der Waals surface area contributed by atoms with Gasteiger partial charge in [0.2, 0.25) is 4.80 Å². The summed E-state index contributed by atoms with van der Waals surface area (Å²) >= 11 is 1.28. The number of hydrogen-bond donors (Lipinski definition) is 2. The van der Waals surface area contributed by atoms with Crippen molar-refractivity contribution >= 4 is 23.2 Å². The molecule has 0 radical (unpaired) electrons. The highest BCUT2D eigenvalue weighted by molar-refractivity contribution is 7.08. The highest BCUT2D eigenvalue weighted by Gasteiger charge is 2.19. The molecule has 0 aliphatic rings. The Bertz CT molecular complexity index is 1600. The highest BCUT2D eigenvalue weighted by Crippen LogP contribution is 2.29. The molecule has 3 heterocycles. The summed E-state index contributed by atoms with van der Waals surface area (Å²) in [4.78, 5) is 28.6. The number of carboxylic acids is 1. The van der Waals surface area contributed by atoms with Crippen molar-refractivity contribution in [3.8, 4) is 22.5 Å². The van der Waals surface area contributed by atoms with Crippen molar-refractivity contribution < 1.29 is 19.1 Å². The molecule has 5 rings (SSSR count). The van der Waals surface area contributed by atoms with E-state index in [-0.39, 0.29) is 11.1 Å². The van der Waals surface area contributed by atoms with E-state index in [4.69, 9.17) is 4.42 Å². The van der Waals surface area contributed by atoms with Crippen molar-refractivity contribution in [3.63, 3.8) is 0 Å². The largest absolute Gasteiger partial charge is 0.478 e. The fourth-order valence-electron chi connectivity index (χ4n) is 3.63. The molecule has 0 spiro atoms. The molecule has 12 heteroatoms. The number of aromatic amines is 1. The van der Waals surface area contributed by atoms with Gasteiger partial charge in [0.25, 0.3) is 5.91 Å². The number of tetrazole rings is 1. The number of H-pyrrole nitrogens is 1. The molecule has 0 saturated heterocycles. The molecule has 1 amide bonds. The van der Waals surface area contributed by atoms with Crippen molar-refractivity contribution in [2.75, 3.05) is 0 Å². The van der Waals surface area contributed by atoms with Crippen molar-refractivity contribution in [1.82, 2.24) is 30.4 Å². The second kappa shape index (κ2) is 9.88. The zero-order valence-electron chi connectivity index (χ0n) is 19.0. The van der Waals surface area contributed by atoms with Crippen molar-refractivity contribution in [2.45, 2.75) is 19.9 Å². The first kappa shape index (κ1) is 23.1. The summed E-state index contributed by atoms with van der Waals surface area (Å²) in [5.74, 6) is -1.37. The molecule has 0 unspecified atom stereocenters. The van der Waals surface area contributed by atoms with Crippen LogP contribution in [0, 0.1) is 0 Å². The lowest BCUT2D eigenvalue weighted by Gasteiger charge is -2.08. The van der Waals surface area contributed by atoms with Gasteiger partial charge in [0.15, 0.2) is 5.82 Å². The average molecular weight is 502 g/mol. The Kier molecular flexibility index (Phi) is 6.33. The van der Waals surface area contributed by atoms with E-state index in [9.17, 15) is 14.7 Å². The first-order valence-corrected chi connectivity index (χ1v) is 11.7. The molecule has 0 aliphatic heterocycles. The van der Waals surface area contributed by atoms with Crippen LogP contribution in [0.5, 0.6) is 0 Å². The van der Waals surface area contributed by atoms with Gasteiger partial charge >= 0.3 is 5.97 Å². The molecule has 2 aromatic carbocycles. The number of carbonyl (C=O) groups is 2. The molecule has 0 atom stereocenters. The molecule has 5 aromatic rings. The predicted molar refractivity (Wildman–Crippen MR) is 129 cm³/mol. The van der Waals surface area contributed by atoms with E-state index in [1.54, 1.807) is 4.68 Å². The zero-order valence-corrected chi connectivity index (χ0v) is 19.8. The Hall–Kier alpha value is -4.71. The maximum atomic E-state index is 12.7. The summed E-state index contributed by atoms with van der Waals surface area (Å²) in [7, 11) is 0. The second-order valence-electron chi connectivity index (χ2n) is 7.70. The van der Waals surface area contributed by atoms with Crippen LogP contribution >= 0.6 is 11.3 Å². The van der Waals surface area contributed by atoms with E-state index in [0.717, 1.165) is 39.8 Å². The minimum Gasteiger partial charge on any atom is -0.478 e. The summed E-state index contributed by atoms with van der Waals surface area (Å²) in [5, 5.41) is 28.8. The topological polar surface area (TPSA) is 152 Å². The lowest BCUT2D eigenvalue weighted by molar-refractivity contribution is 0.0691. The Morgan fingerprint density at radius 2 is 1.83 bits per heavy atom. The summed E-state index contributed by atoms with van der Waals surface area (Å²) in [6, 6.07) is 15.8. The van der Waals surface area contributed by atoms with Gasteiger partial charge in [-0.15, -0.1) is 5.10 Å². The fraction of sp³-hybridized carbons (Fsp3) is 0.125. The van der Waals surface area contributed by atoms with Crippen LogP contribution in [0.3, 0.4) is 0 Å². The molecule has 0 fully saturated rings. The van der Waals surface area contributed by atoms with E-state index < -0.39 is 11.9 Å². The third-order valence-corrected chi connectivity index (χ3v) is 6.50. The van der Waals surface area contributed by atoms with Gasteiger partial charge < -0.3 is 9.52 Å². The number of carbonyl (C=O) groups excluding carboxylic acids is 1. The first-order chi connectivity index (χ1) is 17.5.